The van der Waals surface area contributed by atoms with Crippen molar-refractivity contribution in [1.82, 2.24) is 0 Å². The van der Waals surface area contributed by atoms with Gasteiger partial charge in [0.2, 0.25) is 0 Å². The van der Waals surface area contributed by atoms with Crippen LogP contribution in [0.2, 0.25) is 0 Å². The number of nitrogens with two attached hydrogens (primary N) is 1. The van der Waals surface area contributed by atoms with Gasteiger partial charge in [-0.3, -0.25) is 0 Å². The highest BCUT2D eigenvalue weighted by molar-refractivity contribution is 9.10. The number of halogens is 2. The van der Waals surface area contributed by atoms with Crippen molar-refractivity contribution in [2.45, 2.75) is 12.5 Å². The van der Waals surface area contributed by atoms with Crippen LogP contribution in [-0.4, -0.2) is 16.8 Å². The molecule has 0 saturated carbocycles. The topological polar surface area (TPSA) is 66.5 Å². The Hall–Kier alpha value is -0.650. The van der Waals surface area contributed by atoms with E-state index in [4.69, 9.17) is 10.8 Å². The van der Waals surface area contributed by atoms with E-state index in [-0.39, 0.29) is 23.2 Å². The van der Waals surface area contributed by atoms with Crippen molar-refractivity contribution in [2.24, 2.45) is 5.73 Å². The Labute approximate surface area is 89.5 Å². The van der Waals surface area contributed by atoms with Gasteiger partial charge in [0.1, 0.15) is 11.6 Å². The molecule has 0 heterocycles. The molecule has 0 fully saturated rings. The SMILES string of the molecule is NC(CCO)c1cc(F)cc(Br)c1O. The van der Waals surface area contributed by atoms with E-state index in [0.717, 1.165) is 6.07 Å². The second kappa shape index (κ2) is 4.72. The first-order chi connectivity index (χ1) is 6.56. The van der Waals surface area contributed by atoms with Gasteiger partial charge in [0, 0.05) is 18.2 Å². The zero-order chi connectivity index (χ0) is 10.7. The zero-order valence-corrected chi connectivity index (χ0v) is 8.96. The summed E-state index contributed by atoms with van der Waals surface area (Å²) in [6.07, 6.45) is 0.281. The van der Waals surface area contributed by atoms with Crippen LogP contribution in [0.1, 0.15) is 18.0 Å². The van der Waals surface area contributed by atoms with Gasteiger partial charge in [-0.1, -0.05) is 0 Å². The van der Waals surface area contributed by atoms with E-state index < -0.39 is 11.9 Å². The van der Waals surface area contributed by atoms with Crippen molar-refractivity contribution < 1.29 is 14.6 Å². The van der Waals surface area contributed by atoms with Gasteiger partial charge in [0.15, 0.2) is 0 Å². The number of phenolic OH excluding ortho intramolecular Hbond substituents is 1. The van der Waals surface area contributed by atoms with Gasteiger partial charge in [-0.2, -0.15) is 0 Å². The lowest BCUT2D eigenvalue weighted by Gasteiger charge is -2.13. The molecule has 4 N–H and O–H groups in total. The number of aliphatic hydroxyl groups excluding tert-OH is 1. The van der Waals surface area contributed by atoms with Gasteiger partial charge in [0.05, 0.1) is 4.47 Å². The Bertz CT molecular complexity index is 333. The standard InChI is InChI=1S/C9H11BrFNO2/c10-7-4-5(11)3-6(9(7)14)8(12)1-2-13/h3-4,8,13-14H,1-2,12H2. The largest absolute Gasteiger partial charge is 0.506 e. The number of phenols is 1. The summed E-state index contributed by atoms with van der Waals surface area (Å²) in [5.41, 5.74) is 5.93. The zero-order valence-electron chi connectivity index (χ0n) is 7.37. The second-order valence-corrected chi connectivity index (χ2v) is 3.80. The van der Waals surface area contributed by atoms with E-state index in [2.05, 4.69) is 15.9 Å². The maximum absolute atomic E-state index is 12.9. The Morgan fingerprint density at radius 2 is 2.14 bits per heavy atom. The van der Waals surface area contributed by atoms with Crippen molar-refractivity contribution in [3.63, 3.8) is 0 Å². The minimum Gasteiger partial charge on any atom is -0.506 e. The molecule has 1 atom stereocenters. The minimum absolute atomic E-state index is 0.0765. The highest BCUT2D eigenvalue weighted by Crippen LogP contribution is 2.33. The fourth-order valence-electron chi connectivity index (χ4n) is 1.16. The van der Waals surface area contributed by atoms with E-state index in [1.54, 1.807) is 0 Å². The number of benzene rings is 1. The fourth-order valence-corrected chi connectivity index (χ4v) is 1.61. The summed E-state index contributed by atoms with van der Waals surface area (Å²) in [7, 11) is 0. The van der Waals surface area contributed by atoms with Crippen molar-refractivity contribution in [3.8, 4) is 5.75 Å². The first-order valence-corrected chi connectivity index (χ1v) is 4.90. The van der Waals surface area contributed by atoms with E-state index in [1.807, 2.05) is 0 Å². The first kappa shape index (κ1) is 11.4. The maximum Gasteiger partial charge on any atom is 0.134 e. The minimum atomic E-state index is -0.563. The van der Waals surface area contributed by atoms with Crippen molar-refractivity contribution >= 4 is 15.9 Å². The van der Waals surface area contributed by atoms with Gasteiger partial charge in [-0.05, 0) is 34.5 Å². The van der Waals surface area contributed by atoms with Crippen LogP contribution in [0, 0.1) is 5.82 Å². The number of aliphatic hydroxyl groups is 1. The average Bonchev–Trinajstić information content (AvgIpc) is 2.11. The van der Waals surface area contributed by atoms with Crippen LogP contribution in [0.4, 0.5) is 4.39 Å². The molecule has 0 amide bonds. The number of aromatic hydroxyl groups is 1. The van der Waals surface area contributed by atoms with Crippen LogP contribution < -0.4 is 5.73 Å². The molecular formula is C9H11BrFNO2. The lowest BCUT2D eigenvalue weighted by molar-refractivity contribution is 0.275. The van der Waals surface area contributed by atoms with Crippen LogP contribution in [0.3, 0.4) is 0 Å². The van der Waals surface area contributed by atoms with E-state index >= 15 is 0 Å². The molecule has 1 aromatic carbocycles. The molecule has 0 aromatic heterocycles. The summed E-state index contributed by atoms with van der Waals surface area (Å²) >= 11 is 3.01. The third-order valence-corrected chi connectivity index (χ3v) is 2.50. The highest BCUT2D eigenvalue weighted by atomic mass is 79.9. The number of rotatable bonds is 3. The Balaban J connectivity index is 3.07. The molecule has 0 aliphatic rings. The lowest BCUT2D eigenvalue weighted by atomic mass is 10.0. The monoisotopic (exact) mass is 263 g/mol. The number of hydrogen-bond donors (Lipinski definition) is 3. The Morgan fingerprint density at radius 1 is 1.50 bits per heavy atom. The molecule has 0 radical (unpaired) electrons. The summed E-state index contributed by atoms with van der Waals surface area (Å²) in [6.45, 7) is -0.102. The molecule has 78 valence electrons. The molecule has 0 saturated heterocycles. The molecule has 0 bridgehead atoms. The van der Waals surface area contributed by atoms with Crippen LogP contribution in [0.25, 0.3) is 0 Å². The molecule has 1 rings (SSSR count). The summed E-state index contributed by atoms with van der Waals surface area (Å²) in [5.74, 6) is -0.551. The maximum atomic E-state index is 12.9. The van der Waals surface area contributed by atoms with Crippen molar-refractivity contribution in [1.29, 1.82) is 0 Å². The van der Waals surface area contributed by atoms with Gasteiger partial charge >= 0.3 is 0 Å². The van der Waals surface area contributed by atoms with Crippen LogP contribution in [0.15, 0.2) is 16.6 Å². The third kappa shape index (κ3) is 2.43. The normalized spacial score (nSPS) is 12.9. The Kier molecular flexibility index (Phi) is 3.86. The quantitative estimate of drug-likeness (QED) is 0.778. The molecule has 0 aliphatic carbocycles. The van der Waals surface area contributed by atoms with E-state index in [0.29, 0.717) is 5.56 Å². The van der Waals surface area contributed by atoms with Gasteiger partial charge in [-0.15, -0.1) is 0 Å². The number of hydrogen-bond acceptors (Lipinski definition) is 3. The van der Waals surface area contributed by atoms with Crippen LogP contribution in [0.5, 0.6) is 5.75 Å². The molecule has 0 spiro atoms. The van der Waals surface area contributed by atoms with Gasteiger partial charge in [-0.25, -0.2) is 4.39 Å². The van der Waals surface area contributed by atoms with Gasteiger partial charge in [0.25, 0.3) is 0 Å². The highest BCUT2D eigenvalue weighted by Gasteiger charge is 2.14. The molecule has 0 aliphatic heterocycles. The summed E-state index contributed by atoms with van der Waals surface area (Å²) in [6, 6.07) is 1.76. The molecular weight excluding hydrogens is 253 g/mol. The second-order valence-electron chi connectivity index (χ2n) is 2.94. The molecule has 1 unspecified atom stereocenters. The fraction of sp³-hybridized carbons (Fsp3) is 0.333. The predicted molar refractivity (Wildman–Crippen MR) is 54.4 cm³/mol. The van der Waals surface area contributed by atoms with Crippen LogP contribution >= 0.6 is 15.9 Å². The van der Waals surface area contributed by atoms with Gasteiger partial charge < -0.3 is 15.9 Å². The van der Waals surface area contributed by atoms with E-state index in [1.165, 1.54) is 6.07 Å². The molecule has 1 aromatic rings. The first-order valence-electron chi connectivity index (χ1n) is 4.10. The van der Waals surface area contributed by atoms with Crippen molar-refractivity contribution in [3.05, 3.63) is 28.0 Å². The van der Waals surface area contributed by atoms with Crippen LogP contribution in [-0.2, 0) is 0 Å². The lowest BCUT2D eigenvalue weighted by Crippen LogP contribution is -2.12. The van der Waals surface area contributed by atoms with E-state index in [9.17, 15) is 9.50 Å². The predicted octanol–water partition coefficient (Wildman–Crippen LogP) is 1.68. The molecule has 14 heavy (non-hydrogen) atoms. The third-order valence-electron chi connectivity index (χ3n) is 1.90. The summed E-state index contributed by atoms with van der Waals surface area (Å²) < 4.78 is 13.2. The summed E-state index contributed by atoms with van der Waals surface area (Å²) in [5, 5.41) is 18.2. The Morgan fingerprint density at radius 3 is 2.71 bits per heavy atom. The van der Waals surface area contributed by atoms with Crippen molar-refractivity contribution in [2.75, 3.05) is 6.61 Å². The smallest absolute Gasteiger partial charge is 0.134 e. The summed E-state index contributed by atoms with van der Waals surface area (Å²) in [4.78, 5) is 0. The molecule has 3 nitrogen and oxygen atoms in total. The average molecular weight is 264 g/mol. The molecule has 5 heteroatoms.